The standard InChI is InChI=1S/C15H18IN3O/c1-8(2)13-12(16)14(17)19-15(18-13)10-6-5-9(3)7-11(10)20-4/h5-8H,1-4H3,(H2,17,18,19). The molecule has 5 heteroatoms. The Hall–Kier alpha value is -1.37. The highest BCUT2D eigenvalue weighted by atomic mass is 127. The molecule has 0 spiro atoms. The Morgan fingerprint density at radius 1 is 1.25 bits per heavy atom. The van der Waals surface area contributed by atoms with Gasteiger partial charge in [-0.15, -0.1) is 0 Å². The smallest absolute Gasteiger partial charge is 0.165 e. The van der Waals surface area contributed by atoms with E-state index in [1.807, 2.05) is 25.1 Å². The monoisotopic (exact) mass is 383 g/mol. The van der Waals surface area contributed by atoms with Crippen LogP contribution in [0.3, 0.4) is 0 Å². The van der Waals surface area contributed by atoms with Crippen molar-refractivity contribution in [2.75, 3.05) is 12.8 Å². The van der Waals surface area contributed by atoms with Crippen LogP contribution in [0.5, 0.6) is 5.75 Å². The predicted molar refractivity (Wildman–Crippen MR) is 90.0 cm³/mol. The fourth-order valence-electron chi connectivity index (χ4n) is 1.97. The van der Waals surface area contributed by atoms with Crippen LogP contribution in [-0.2, 0) is 0 Å². The Morgan fingerprint density at radius 3 is 2.55 bits per heavy atom. The van der Waals surface area contributed by atoms with Crippen molar-refractivity contribution in [3.8, 4) is 17.1 Å². The van der Waals surface area contributed by atoms with Gasteiger partial charge >= 0.3 is 0 Å². The Labute approximate surface area is 132 Å². The number of ether oxygens (including phenoxy) is 1. The van der Waals surface area contributed by atoms with Crippen LogP contribution in [0.25, 0.3) is 11.4 Å². The van der Waals surface area contributed by atoms with Gasteiger partial charge in [-0.25, -0.2) is 9.97 Å². The van der Waals surface area contributed by atoms with Crippen LogP contribution in [-0.4, -0.2) is 17.1 Å². The normalized spacial score (nSPS) is 10.9. The maximum atomic E-state index is 6.02. The zero-order valence-corrected chi connectivity index (χ0v) is 14.2. The van der Waals surface area contributed by atoms with Crippen molar-refractivity contribution in [1.82, 2.24) is 9.97 Å². The van der Waals surface area contributed by atoms with Gasteiger partial charge < -0.3 is 10.5 Å². The highest BCUT2D eigenvalue weighted by molar-refractivity contribution is 14.1. The number of methoxy groups -OCH3 is 1. The molecular weight excluding hydrogens is 365 g/mol. The van der Waals surface area contributed by atoms with Crippen LogP contribution in [0.2, 0.25) is 0 Å². The lowest BCUT2D eigenvalue weighted by atomic mass is 10.1. The van der Waals surface area contributed by atoms with Crippen LogP contribution in [0.15, 0.2) is 18.2 Å². The summed E-state index contributed by atoms with van der Waals surface area (Å²) in [6.07, 6.45) is 0. The molecule has 0 atom stereocenters. The molecule has 4 nitrogen and oxygen atoms in total. The molecule has 0 fully saturated rings. The number of hydrogen-bond acceptors (Lipinski definition) is 4. The Morgan fingerprint density at radius 2 is 1.95 bits per heavy atom. The summed E-state index contributed by atoms with van der Waals surface area (Å²) in [7, 11) is 1.65. The van der Waals surface area contributed by atoms with E-state index in [1.165, 1.54) is 0 Å². The number of anilines is 1. The molecule has 2 rings (SSSR count). The number of benzene rings is 1. The summed E-state index contributed by atoms with van der Waals surface area (Å²) in [4.78, 5) is 9.07. The maximum Gasteiger partial charge on any atom is 0.165 e. The van der Waals surface area contributed by atoms with Crippen LogP contribution >= 0.6 is 22.6 Å². The van der Waals surface area contributed by atoms with Crippen molar-refractivity contribution >= 4 is 28.4 Å². The second-order valence-electron chi connectivity index (χ2n) is 4.99. The molecule has 1 heterocycles. The van der Waals surface area contributed by atoms with Gasteiger partial charge in [0, 0.05) is 0 Å². The third-order valence-corrected chi connectivity index (χ3v) is 4.15. The zero-order chi connectivity index (χ0) is 14.9. The molecule has 0 bridgehead atoms. The van der Waals surface area contributed by atoms with Crippen molar-refractivity contribution in [3.05, 3.63) is 33.0 Å². The number of hydrogen-bond donors (Lipinski definition) is 1. The number of rotatable bonds is 3. The Bertz CT molecular complexity index is 641. The summed E-state index contributed by atoms with van der Waals surface area (Å²) in [5.74, 6) is 2.19. The number of nitrogen functional groups attached to an aromatic ring is 1. The topological polar surface area (TPSA) is 61.0 Å². The minimum absolute atomic E-state index is 0.294. The summed E-state index contributed by atoms with van der Waals surface area (Å²) < 4.78 is 6.35. The zero-order valence-electron chi connectivity index (χ0n) is 12.1. The molecule has 106 valence electrons. The van der Waals surface area contributed by atoms with E-state index in [0.29, 0.717) is 17.6 Å². The molecule has 2 aromatic rings. The number of aromatic nitrogens is 2. The van der Waals surface area contributed by atoms with E-state index >= 15 is 0 Å². The van der Waals surface area contributed by atoms with Gasteiger partial charge in [-0.05, 0) is 53.1 Å². The quantitative estimate of drug-likeness (QED) is 0.820. The molecule has 0 aliphatic rings. The van der Waals surface area contributed by atoms with Crippen LogP contribution < -0.4 is 10.5 Å². The summed E-state index contributed by atoms with van der Waals surface area (Å²) in [6, 6.07) is 5.96. The molecule has 0 radical (unpaired) electrons. The SMILES string of the molecule is COc1cc(C)ccc1-c1nc(N)c(I)c(C(C)C)n1. The first kappa shape index (κ1) is 15.0. The first-order chi connectivity index (χ1) is 9.43. The van der Waals surface area contributed by atoms with Crippen molar-refractivity contribution in [2.24, 2.45) is 0 Å². The van der Waals surface area contributed by atoms with Gasteiger partial charge in [-0.1, -0.05) is 19.9 Å². The first-order valence-electron chi connectivity index (χ1n) is 6.42. The molecule has 0 aliphatic carbocycles. The highest BCUT2D eigenvalue weighted by Crippen LogP contribution is 2.32. The predicted octanol–water partition coefficient (Wildman–Crippen LogP) is 3.77. The minimum atomic E-state index is 0.294. The molecule has 0 saturated heterocycles. The molecule has 1 aromatic heterocycles. The van der Waals surface area contributed by atoms with Crippen LogP contribution in [0.4, 0.5) is 5.82 Å². The third kappa shape index (κ3) is 2.87. The number of nitrogens with two attached hydrogens (primary N) is 1. The largest absolute Gasteiger partial charge is 0.496 e. The fraction of sp³-hybridized carbons (Fsp3) is 0.333. The average molecular weight is 383 g/mol. The summed E-state index contributed by atoms with van der Waals surface area (Å²) in [6.45, 7) is 6.22. The Balaban J connectivity index is 2.64. The molecule has 2 N–H and O–H groups in total. The minimum Gasteiger partial charge on any atom is -0.496 e. The number of halogens is 1. The Kier molecular flexibility index (Phi) is 4.47. The van der Waals surface area contributed by atoms with Gasteiger partial charge in [0.25, 0.3) is 0 Å². The second kappa shape index (κ2) is 5.95. The van der Waals surface area contributed by atoms with E-state index in [9.17, 15) is 0 Å². The molecule has 0 saturated carbocycles. The van der Waals surface area contributed by atoms with E-state index in [0.717, 1.165) is 26.1 Å². The number of aryl methyl sites for hydroxylation is 1. The van der Waals surface area contributed by atoms with Crippen LogP contribution in [0.1, 0.15) is 31.0 Å². The van der Waals surface area contributed by atoms with E-state index in [2.05, 4.69) is 46.4 Å². The van der Waals surface area contributed by atoms with E-state index < -0.39 is 0 Å². The van der Waals surface area contributed by atoms with Gasteiger partial charge in [0.1, 0.15) is 11.6 Å². The van der Waals surface area contributed by atoms with Crippen LogP contribution in [0, 0.1) is 10.5 Å². The van der Waals surface area contributed by atoms with E-state index in [-0.39, 0.29) is 0 Å². The lowest BCUT2D eigenvalue weighted by Crippen LogP contribution is -2.07. The molecule has 1 aromatic carbocycles. The summed E-state index contributed by atoms with van der Waals surface area (Å²) in [5.41, 5.74) is 8.98. The maximum absolute atomic E-state index is 6.02. The van der Waals surface area contributed by atoms with Gasteiger partial charge in [-0.3, -0.25) is 0 Å². The van der Waals surface area contributed by atoms with Gasteiger partial charge in [0.05, 0.1) is 21.9 Å². The number of nitrogens with zero attached hydrogens (tertiary/aromatic N) is 2. The molecule has 0 aliphatic heterocycles. The average Bonchev–Trinajstić information content (AvgIpc) is 2.41. The molecular formula is C15H18IN3O. The summed E-state index contributed by atoms with van der Waals surface area (Å²) >= 11 is 2.20. The van der Waals surface area contributed by atoms with Crippen molar-refractivity contribution in [1.29, 1.82) is 0 Å². The second-order valence-corrected chi connectivity index (χ2v) is 6.07. The third-order valence-electron chi connectivity index (χ3n) is 3.05. The molecule has 0 amide bonds. The van der Waals surface area contributed by atoms with Gasteiger partial charge in [0.2, 0.25) is 0 Å². The lowest BCUT2D eigenvalue weighted by molar-refractivity contribution is 0.416. The molecule has 0 unspecified atom stereocenters. The van der Waals surface area contributed by atoms with Crippen molar-refractivity contribution < 1.29 is 4.74 Å². The lowest BCUT2D eigenvalue weighted by Gasteiger charge is -2.13. The van der Waals surface area contributed by atoms with E-state index in [1.54, 1.807) is 7.11 Å². The van der Waals surface area contributed by atoms with E-state index in [4.69, 9.17) is 10.5 Å². The van der Waals surface area contributed by atoms with Crippen molar-refractivity contribution in [3.63, 3.8) is 0 Å². The van der Waals surface area contributed by atoms with Gasteiger partial charge in [0.15, 0.2) is 5.82 Å². The first-order valence-corrected chi connectivity index (χ1v) is 7.49. The summed E-state index contributed by atoms with van der Waals surface area (Å²) in [5, 5.41) is 0. The highest BCUT2D eigenvalue weighted by Gasteiger charge is 2.16. The van der Waals surface area contributed by atoms with Crippen molar-refractivity contribution in [2.45, 2.75) is 26.7 Å². The molecule has 20 heavy (non-hydrogen) atoms. The van der Waals surface area contributed by atoms with Gasteiger partial charge in [-0.2, -0.15) is 0 Å². The fourth-order valence-corrected chi connectivity index (χ4v) is 2.83.